The highest BCUT2D eigenvalue weighted by molar-refractivity contribution is 5.91. The normalized spacial score (nSPS) is 13.8. The molecule has 1 aliphatic carbocycles. The lowest BCUT2D eigenvalue weighted by atomic mass is 10.3. The lowest BCUT2D eigenvalue weighted by Gasteiger charge is -2.19. The summed E-state index contributed by atoms with van der Waals surface area (Å²) in [6.45, 7) is 8.52. The molecule has 28 heavy (non-hydrogen) atoms. The van der Waals surface area contributed by atoms with Crippen molar-refractivity contribution in [2.24, 2.45) is 5.92 Å². The monoisotopic (exact) mass is 385 g/mol. The summed E-state index contributed by atoms with van der Waals surface area (Å²) in [5, 5.41) is 5.86. The molecule has 0 saturated heterocycles. The van der Waals surface area contributed by atoms with E-state index in [0.717, 1.165) is 50.1 Å². The molecule has 2 amide bonds. The summed E-state index contributed by atoms with van der Waals surface area (Å²) < 4.78 is 2.08. The maximum atomic E-state index is 12.4. The number of likely N-dealkylation sites (N-methyl/N-ethyl adjacent to an activating group) is 1. The van der Waals surface area contributed by atoms with Crippen LogP contribution >= 0.6 is 0 Å². The Balaban J connectivity index is 1.58. The molecule has 7 heteroatoms. The number of amides is 2. The first-order valence-corrected chi connectivity index (χ1v) is 10.4. The van der Waals surface area contributed by atoms with Gasteiger partial charge in [0.1, 0.15) is 0 Å². The van der Waals surface area contributed by atoms with Gasteiger partial charge in [0.2, 0.25) is 17.8 Å². The molecular formula is C21H31N5O2. The number of aromatic nitrogens is 2. The van der Waals surface area contributed by atoms with Gasteiger partial charge in [-0.25, -0.2) is 4.98 Å². The van der Waals surface area contributed by atoms with E-state index in [9.17, 15) is 9.59 Å². The molecule has 152 valence electrons. The number of rotatable bonds is 11. The van der Waals surface area contributed by atoms with Gasteiger partial charge >= 0.3 is 0 Å². The van der Waals surface area contributed by atoms with E-state index in [2.05, 4.69) is 38.9 Å². The quantitative estimate of drug-likeness (QED) is 0.583. The highest BCUT2D eigenvalue weighted by Gasteiger charge is 2.29. The Labute approximate surface area is 166 Å². The fourth-order valence-electron chi connectivity index (χ4n) is 3.32. The van der Waals surface area contributed by atoms with Gasteiger partial charge in [0.15, 0.2) is 0 Å². The highest BCUT2D eigenvalue weighted by Crippen LogP contribution is 2.28. The van der Waals surface area contributed by atoms with Gasteiger partial charge in [0.05, 0.1) is 11.0 Å². The zero-order chi connectivity index (χ0) is 19.9. The van der Waals surface area contributed by atoms with Gasteiger partial charge in [0, 0.05) is 32.0 Å². The van der Waals surface area contributed by atoms with Crippen molar-refractivity contribution in [2.45, 2.75) is 46.1 Å². The minimum atomic E-state index is -0.0694. The molecule has 1 aromatic heterocycles. The Morgan fingerprint density at radius 2 is 1.96 bits per heavy atom. The lowest BCUT2D eigenvalue weighted by molar-refractivity contribution is -0.122. The molecule has 0 bridgehead atoms. The third kappa shape index (κ3) is 5.32. The minimum Gasteiger partial charge on any atom is -0.356 e. The first kappa shape index (κ1) is 20.3. The molecule has 0 spiro atoms. The Morgan fingerprint density at radius 3 is 2.68 bits per heavy atom. The number of carbonyl (C=O) groups excluding carboxylic acids is 2. The number of imidazole rings is 1. The Morgan fingerprint density at radius 1 is 1.21 bits per heavy atom. The maximum absolute atomic E-state index is 12.4. The van der Waals surface area contributed by atoms with Crippen molar-refractivity contribution >= 4 is 28.8 Å². The molecule has 2 N–H and O–H groups in total. The van der Waals surface area contributed by atoms with E-state index in [1.54, 1.807) is 0 Å². The molecule has 1 saturated carbocycles. The molecule has 1 fully saturated rings. The van der Waals surface area contributed by atoms with Gasteiger partial charge in [-0.2, -0.15) is 0 Å². The topological polar surface area (TPSA) is 79.3 Å². The van der Waals surface area contributed by atoms with Gasteiger partial charge in [-0.15, -0.1) is 0 Å². The summed E-state index contributed by atoms with van der Waals surface area (Å²) >= 11 is 0. The Kier molecular flexibility index (Phi) is 7.03. The van der Waals surface area contributed by atoms with E-state index < -0.39 is 0 Å². The number of hydrogen-bond donors (Lipinski definition) is 2. The fourth-order valence-corrected chi connectivity index (χ4v) is 3.32. The van der Waals surface area contributed by atoms with Crippen LogP contribution in [0, 0.1) is 5.92 Å². The van der Waals surface area contributed by atoms with Gasteiger partial charge in [0.25, 0.3) is 0 Å². The minimum absolute atomic E-state index is 0.0694. The number of nitrogens with zero attached hydrogens (tertiary/aromatic N) is 3. The molecule has 0 atom stereocenters. The van der Waals surface area contributed by atoms with Gasteiger partial charge in [-0.1, -0.05) is 26.0 Å². The zero-order valence-corrected chi connectivity index (χ0v) is 16.9. The highest BCUT2D eigenvalue weighted by atomic mass is 16.2. The predicted molar refractivity (Wildman–Crippen MR) is 111 cm³/mol. The summed E-state index contributed by atoms with van der Waals surface area (Å²) in [5.74, 6) is 0.860. The van der Waals surface area contributed by atoms with Gasteiger partial charge in [-0.05, 0) is 44.5 Å². The summed E-state index contributed by atoms with van der Waals surface area (Å²) in [5.41, 5.74) is 1.91. The molecule has 1 aliphatic rings. The van der Waals surface area contributed by atoms with Crippen molar-refractivity contribution in [2.75, 3.05) is 31.5 Å². The molecular weight excluding hydrogens is 354 g/mol. The summed E-state index contributed by atoms with van der Waals surface area (Å²) in [4.78, 5) is 31.0. The number of para-hydroxylation sites is 2. The second-order valence-electron chi connectivity index (χ2n) is 7.32. The van der Waals surface area contributed by atoms with E-state index in [4.69, 9.17) is 0 Å². The van der Waals surface area contributed by atoms with Crippen LogP contribution in [0.1, 0.15) is 39.5 Å². The van der Waals surface area contributed by atoms with Crippen molar-refractivity contribution < 1.29 is 9.59 Å². The first-order valence-electron chi connectivity index (χ1n) is 10.4. The smallest absolute Gasteiger partial charge is 0.226 e. The third-order valence-electron chi connectivity index (χ3n) is 5.27. The predicted octanol–water partition coefficient (Wildman–Crippen LogP) is 2.62. The van der Waals surface area contributed by atoms with Crippen molar-refractivity contribution in [3.05, 3.63) is 24.3 Å². The maximum Gasteiger partial charge on any atom is 0.226 e. The number of hydrogen-bond acceptors (Lipinski definition) is 4. The largest absolute Gasteiger partial charge is 0.356 e. The SMILES string of the molecule is CCN(CC)CCn1c(NC(=O)CCCNC(=O)C2CC2)nc2ccccc21. The zero-order valence-electron chi connectivity index (χ0n) is 16.9. The molecule has 1 heterocycles. The van der Waals surface area contributed by atoms with Crippen LogP contribution in [0.3, 0.4) is 0 Å². The van der Waals surface area contributed by atoms with E-state index >= 15 is 0 Å². The Hall–Kier alpha value is -2.41. The van der Waals surface area contributed by atoms with Crippen LogP contribution in [0.4, 0.5) is 5.95 Å². The van der Waals surface area contributed by atoms with Crippen LogP contribution in [0.15, 0.2) is 24.3 Å². The van der Waals surface area contributed by atoms with Crippen molar-refractivity contribution in [3.63, 3.8) is 0 Å². The van der Waals surface area contributed by atoms with Crippen LogP contribution < -0.4 is 10.6 Å². The lowest BCUT2D eigenvalue weighted by Crippen LogP contribution is -2.28. The molecule has 2 aromatic rings. The molecule has 1 aromatic carbocycles. The number of anilines is 1. The van der Waals surface area contributed by atoms with E-state index in [1.807, 2.05) is 24.3 Å². The van der Waals surface area contributed by atoms with Gasteiger partial charge < -0.3 is 14.8 Å². The molecule has 3 rings (SSSR count). The van der Waals surface area contributed by atoms with Crippen molar-refractivity contribution in [1.82, 2.24) is 19.8 Å². The average Bonchev–Trinajstić information content (AvgIpc) is 3.49. The van der Waals surface area contributed by atoms with Crippen LogP contribution in [-0.2, 0) is 16.1 Å². The standard InChI is InChI=1S/C21H31N5O2/c1-3-25(4-2)14-15-26-18-9-6-5-8-17(18)23-21(26)24-19(27)10-7-13-22-20(28)16-11-12-16/h5-6,8-9,16H,3-4,7,10-15H2,1-2H3,(H,22,28)(H,23,24,27). The fraction of sp³-hybridized carbons (Fsp3) is 0.571. The summed E-state index contributed by atoms with van der Waals surface area (Å²) in [6, 6.07) is 7.95. The summed E-state index contributed by atoms with van der Waals surface area (Å²) in [6.07, 6.45) is 2.99. The number of carbonyl (C=O) groups is 2. The molecule has 7 nitrogen and oxygen atoms in total. The van der Waals surface area contributed by atoms with Gasteiger partial charge in [-0.3, -0.25) is 14.9 Å². The van der Waals surface area contributed by atoms with E-state index in [0.29, 0.717) is 25.3 Å². The van der Waals surface area contributed by atoms with Crippen LogP contribution in [0.25, 0.3) is 11.0 Å². The van der Waals surface area contributed by atoms with Crippen LogP contribution in [0.5, 0.6) is 0 Å². The second-order valence-corrected chi connectivity index (χ2v) is 7.32. The van der Waals surface area contributed by atoms with Crippen LogP contribution in [-0.4, -0.2) is 52.4 Å². The van der Waals surface area contributed by atoms with E-state index in [-0.39, 0.29) is 17.7 Å². The number of benzene rings is 1. The third-order valence-corrected chi connectivity index (χ3v) is 5.27. The Bertz CT molecular complexity index is 808. The number of nitrogens with one attached hydrogen (secondary N) is 2. The van der Waals surface area contributed by atoms with E-state index in [1.165, 1.54) is 0 Å². The average molecular weight is 386 g/mol. The molecule has 0 unspecified atom stereocenters. The number of fused-ring (bicyclic) bond motifs is 1. The summed E-state index contributed by atoms with van der Waals surface area (Å²) in [7, 11) is 0. The molecule has 0 radical (unpaired) electrons. The molecule has 0 aliphatic heterocycles. The van der Waals surface area contributed by atoms with Crippen molar-refractivity contribution in [1.29, 1.82) is 0 Å². The van der Waals surface area contributed by atoms with Crippen molar-refractivity contribution in [3.8, 4) is 0 Å². The second kappa shape index (κ2) is 9.68. The first-order chi connectivity index (χ1) is 13.6. The van der Waals surface area contributed by atoms with Crippen LogP contribution in [0.2, 0.25) is 0 Å².